The fourth-order valence-electron chi connectivity index (χ4n) is 2.49. The maximum Gasteiger partial charge on any atom is 0.242 e. The second kappa shape index (κ2) is 12.3. The highest BCUT2D eigenvalue weighted by Crippen LogP contribution is 2.04. The molecule has 1 aromatic carbocycles. The minimum atomic E-state index is 0. The van der Waals surface area contributed by atoms with E-state index in [4.69, 9.17) is 0 Å². The summed E-state index contributed by atoms with van der Waals surface area (Å²) in [6, 6.07) is 14.0. The van der Waals surface area contributed by atoms with E-state index in [-0.39, 0.29) is 36.4 Å². The molecule has 2 rings (SSSR count). The third-order valence-corrected chi connectivity index (χ3v) is 3.91. The molecule has 0 aliphatic rings. The van der Waals surface area contributed by atoms with Crippen LogP contribution in [-0.4, -0.2) is 48.0 Å². The van der Waals surface area contributed by atoms with Crippen LogP contribution in [0.3, 0.4) is 0 Å². The molecule has 1 amide bonds. The fraction of sp³-hybridized carbons (Fsp3) is 0.368. The van der Waals surface area contributed by atoms with E-state index in [1.165, 1.54) is 0 Å². The molecule has 1 aromatic heterocycles. The zero-order chi connectivity index (χ0) is 17.9. The van der Waals surface area contributed by atoms with Crippen molar-refractivity contribution in [2.24, 2.45) is 4.99 Å². The number of rotatable bonds is 8. The van der Waals surface area contributed by atoms with Crippen molar-refractivity contribution in [3.8, 4) is 0 Å². The van der Waals surface area contributed by atoms with Crippen LogP contribution in [0.5, 0.6) is 0 Å². The number of guanidine groups is 1. The Morgan fingerprint density at radius 3 is 2.42 bits per heavy atom. The molecular weight excluding hydrogens is 441 g/mol. The second-order valence-corrected chi connectivity index (χ2v) is 5.67. The molecular formula is C19H28IN5O. The van der Waals surface area contributed by atoms with E-state index in [1.54, 1.807) is 7.05 Å². The lowest BCUT2D eigenvalue weighted by molar-refractivity contribution is -0.130. The minimum Gasteiger partial charge on any atom is -0.355 e. The highest BCUT2D eigenvalue weighted by atomic mass is 127. The largest absolute Gasteiger partial charge is 0.355 e. The highest BCUT2D eigenvalue weighted by molar-refractivity contribution is 14.0. The zero-order valence-corrected chi connectivity index (χ0v) is 17.7. The number of nitrogens with zero attached hydrogens (tertiary/aromatic N) is 3. The number of likely N-dealkylation sites (N-methyl/N-ethyl adjacent to an activating group) is 1. The second-order valence-electron chi connectivity index (χ2n) is 5.67. The summed E-state index contributed by atoms with van der Waals surface area (Å²) in [5, 5.41) is 6.31. The predicted molar refractivity (Wildman–Crippen MR) is 117 cm³/mol. The molecule has 26 heavy (non-hydrogen) atoms. The Hall–Kier alpha value is -2.03. The smallest absolute Gasteiger partial charge is 0.242 e. The number of carbonyl (C=O) groups is 1. The first kappa shape index (κ1) is 22.0. The summed E-state index contributed by atoms with van der Waals surface area (Å²) in [6.45, 7) is 5.10. The summed E-state index contributed by atoms with van der Waals surface area (Å²) in [5.74, 6) is 0.691. The first-order chi connectivity index (χ1) is 12.2. The topological polar surface area (TPSA) is 61.7 Å². The minimum absolute atomic E-state index is 0. The first-order valence-electron chi connectivity index (χ1n) is 8.60. The molecule has 0 saturated carbocycles. The monoisotopic (exact) mass is 469 g/mol. The van der Waals surface area contributed by atoms with Gasteiger partial charge in [-0.25, -0.2) is 0 Å². The maximum atomic E-state index is 12.4. The van der Waals surface area contributed by atoms with Gasteiger partial charge >= 0.3 is 0 Å². The average Bonchev–Trinajstić information content (AvgIpc) is 3.16. The van der Waals surface area contributed by atoms with Crippen LogP contribution in [0.15, 0.2) is 59.9 Å². The van der Waals surface area contributed by atoms with Crippen LogP contribution in [-0.2, 0) is 17.9 Å². The van der Waals surface area contributed by atoms with Gasteiger partial charge in [-0.3, -0.25) is 9.79 Å². The van der Waals surface area contributed by atoms with E-state index in [0.29, 0.717) is 19.0 Å². The molecule has 0 radical (unpaired) electrons. The standard InChI is InChI=1S/C19H27N5O.HI/c1-3-24(16-17-9-5-4-6-10-17)18(25)15-22-19(20-2)21-11-14-23-12-7-8-13-23;/h4-10,12-13H,3,11,14-16H2,1-2H3,(H2,20,21,22);1H. The van der Waals surface area contributed by atoms with Gasteiger partial charge in [0.1, 0.15) is 0 Å². The van der Waals surface area contributed by atoms with Gasteiger partial charge < -0.3 is 20.1 Å². The number of benzene rings is 1. The van der Waals surface area contributed by atoms with Crippen LogP contribution in [0.4, 0.5) is 0 Å². The van der Waals surface area contributed by atoms with E-state index >= 15 is 0 Å². The molecule has 0 aliphatic heterocycles. The molecule has 2 N–H and O–H groups in total. The lowest BCUT2D eigenvalue weighted by Crippen LogP contribution is -2.45. The average molecular weight is 469 g/mol. The summed E-state index contributed by atoms with van der Waals surface area (Å²) in [5.41, 5.74) is 1.13. The molecule has 0 spiro atoms. The number of carbonyl (C=O) groups excluding carboxylic acids is 1. The molecule has 0 unspecified atom stereocenters. The van der Waals surface area contributed by atoms with Crippen LogP contribution < -0.4 is 10.6 Å². The molecule has 0 atom stereocenters. The Morgan fingerprint density at radius 1 is 1.12 bits per heavy atom. The highest BCUT2D eigenvalue weighted by Gasteiger charge is 2.12. The quantitative estimate of drug-likeness (QED) is 0.355. The zero-order valence-electron chi connectivity index (χ0n) is 15.4. The normalized spacial score (nSPS) is 10.8. The molecule has 1 heterocycles. The summed E-state index contributed by atoms with van der Waals surface area (Å²) in [7, 11) is 1.71. The fourth-order valence-corrected chi connectivity index (χ4v) is 2.49. The summed E-state index contributed by atoms with van der Waals surface area (Å²) in [4.78, 5) is 18.4. The Kier molecular flexibility index (Phi) is 10.5. The van der Waals surface area contributed by atoms with E-state index in [2.05, 4.69) is 20.2 Å². The van der Waals surface area contributed by atoms with Crippen LogP contribution in [0.1, 0.15) is 12.5 Å². The third kappa shape index (κ3) is 7.47. The van der Waals surface area contributed by atoms with Crippen molar-refractivity contribution in [3.63, 3.8) is 0 Å². The number of amides is 1. The van der Waals surface area contributed by atoms with Gasteiger partial charge in [0.25, 0.3) is 0 Å². The molecule has 7 heteroatoms. The summed E-state index contributed by atoms with van der Waals surface area (Å²) >= 11 is 0. The van der Waals surface area contributed by atoms with Crippen LogP contribution in [0, 0.1) is 0 Å². The number of nitrogens with one attached hydrogen (secondary N) is 2. The van der Waals surface area contributed by atoms with Crippen molar-refractivity contribution in [2.75, 3.05) is 26.7 Å². The first-order valence-corrected chi connectivity index (χ1v) is 8.60. The van der Waals surface area contributed by atoms with Gasteiger partial charge in [-0.05, 0) is 24.6 Å². The number of hydrogen-bond donors (Lipinski definition) is 2. The van der Waals surface area contributed by atoms with Crippen molar-refractivity contribution in [2.45, 2.75) is 20.0 Å². The van der Waals surface area contributed by atoms with Gasteiger partial charge in [-0.2, -0.15) is 0 Å². The van der Waals surface area contributed by atoms with E-state index in [1.807, 2.05) is 66.7 Å². The number of aromatic nitrogens is 1. The lowest BCUT2D eigenvalue weighted by Gasteiger charge is -2.22. The molecule has 0 bridgehead atoms. The Labute approximate surface area is 172 Å². The van der Waals surface area contributed by atoms with Crippen LogP contribution in [0.25, 0.3) is 0 Å². The van der Waals surface area contributed by atoms with E-state index < -0.39 is 0 Å². The van der Waals surface area contributed by atoms with Crippen molar-refractivity contribution >= 4 is 35.8 Å². The number of aliphatic imine (C=N–C) groups is 1. The molecule has 0 saturated heterocycles. The molecule has 2 aromatic rings. The Balaban J connectivity index is 0.00000338. The summed E-state index contributed by atoms with van der Waals surface area (Å²) in [6.07, 6.45) is 4.04. The van der Waals surface area contributed by atoms with Crippen molar-refractivity contribution in [1.82, 2.24) is 20.1 Å². The molecule has 142 valence electrons. The van der Waals surface area contributed by atoms with Crippen molar-refractivity contribution < 1.29 is 4.79 Å². The molecule has 0 fully saturated rings. The third-order valence-electron chi connectivity index (χ3n) is 3.91. The van der Waals surface area contributed by atoms with Gasteiger partial charge in [0.15, 0.2) is 5.96 Å². The SMILES string of the molecule is CCN(Cc1ccccc1)C(=O)CNC(=NC)NCCn1cccc1.I. The Morgan fingerprint density at radius 2 is 1.81 bits per heavy atom. The number of halogens is 1. The number of hydrogen-bond acceptors (Lipinski definition) is 2. The van der Waals surface area contributed by atoms with Crippen molar-refractivity contribution in [3.05, 3.63) is 60.4 Å². The molecule has 6 nitrogen and oxygen atoms in total. The van der Waals surface area contributed by atoms with E-state index in [9.17, 15) is 4.79 Å². The lowest BCUT2D eigenvalue weighted by atomic mass is 10.2. The Bertz CT molecular complexity index is 658. The van der Waals surface area contributed by atoms with Gasteiger partial charge in [-0.1, -0.05) is 30.3 Å². The predicted octanol–water partition coefficient (Wildman–Crippen LogP) is 2.32. The van der Waals surface area contributed by atoms with Gasteiger partial charge in [0.05, 0.1) is 6.54 Å². The van der Waals surface area contributed by atoms with Gasteiger partial charge in [0.2, 0.25) is 5.91 Å². The van der Waals surface area contributed by atoms with E-state index in [0.717, 1.165) is 18.7 Å². The van der Waals surface area contributed by atoms with Gasteiger partial charge in [-0.15, -0.1) is 24.0 Å². The van der Waals surface area contributed by atoms with Gasteiger partial charge in [0, 0.05) is 45.6 Å². The van der Waals surface area contributed by atoms with Crippen LogP contribution in [0.2, 0.25) is 0 Å². The maximum absolute atomic E-state index is 12.4. The van der Waals surface area contributed by atoms with Crippen LogP contribution >= 0.6 is 24.0 Å². The van der Waals surface area contributed by atoms with Crippen molar-refractivity contribution in [1.29, 1.82) is 0 Å². The summed E-state index contributed by atoms with van der Waals surface area (Å²) < 4.78 is 2.09. The molecule has 0 aliphatic carbocycles.